The molecule has 1 aliphatic carbocycles. The largest absolute Gasteiger partial charge is 0.388 e. The summed E-state index contributed by atoms with van der Waals surface area (Å²) in [5, 5.41) is 14.4. The van der Waals surface area contributed by atoms with Crippen LogP contribution in [-0.2, 0) is 11.3 Å². The molecule has 152 valence electrons. The van der Waals surface area contributed by atoms with Crippen LogP contribution in [0.4, 0.5) is 8.78 Å². The second kappa shape index (κ2) is 7.28. The molecule has 2 aliphatic rings. The molecule has 1 unspecified atom stereocenters. The quantitative estimate of drug-likeness (QED) is 0.786. The van der Waals surface area contributed by atoms with Gasteiger partial charge in [-0.15, -0.1) is 0 Å². The number of hydrogen-bond donors (Lipinski definition) is 2. The van der Waals surface area contributed by atoms with Gasteiger partial charge in [-0.25, -0.2) is 8.78 Å². The molecule has 2 heterocycles. The minimum Gasteiger partial charge on any atom is -0.388 e. The number of benzene rings is 1. The Morgan fingerprint density at radius 1 is 1.32 bits per heavy atom. The second-order valence-corrected chi connectivity index (χ2v) is 8.28. The molecule has 1 aliphatic heterocycles. The summed E-state index contributed by atoms with van der Waals surface area (Å²) < 4.78 is 34.1. The van der Waals surface area contributed by atoms with E-state index in [1.54, 1.807) is 12.3 Å². The zero-order valence-electron chi connectivity index (χ0n) is 15.4. The highest BCUT2D eigenvalue weighted by atomic mass is 35.5. The SMILES string of the molecule is O=C(NCC1(O)CCC(F)(F)CC1)c1cn(CC2CCO2)c2cccc(Cl)c12. The maximum absolute atomic E-state index is 13.3. The predicted molar refractivity (Wildman–Crippen MR) is 102 cm³/mol. The highest BCUT2D eigenvalue weighted by Crippen LogP contribution is 2.38. The van der Waals surface area contributed by atoms with E-state index in [0.29, 0.717) is 22.5 Å². The Labute approximate surface area is 166 Å². The minimum absolute atomic E-state index is 0.0399. The summed E-state index contributed by atoms with van der Waals surface area (Å²) in [5.41, 5.74) is -0.0620. The number of aliphatic hydroxyl groups is 1. The molecule has 2 aromatic rings. The lowest BCUT2D eigenvalue weighted by molar-refractivity contribution is -0.101. The Bertz CT molecular complexity index is 885. The first-order chi connectivity index (χ1) is 13.3. The number of aromatic nitrogens is 1. The average molecular weight is 413 g/mol. The van der Waals surface area contributed by atoms with Crippen molar-refractivity contribution in [3.05, 3.63) is 35.0 Å². The van der Waals surface area contributed by atoms with E-state index in [2.05, 4.69) is 5.32 Å². The van der Waals surface area contributed by atoms with Gasteiger partial charge in [0.2, 0.25) is 5.92 Å². The molecule has 1 saturated carbocycles. The number of fused-ring (bicyclic) bond motifs is 1. The molecule has 1 amide bonds. The van der Waals surface area contributed by atoms with Crippen LogP contribution < -0.4 is 5.32 Å². The van der Waals surface area contributed by atoms with E-state index in [9.17, 15) is 18.7 Å². The molecule has 1 atom stereocenters. The summed E-state index contributed by atoms with van der Waals surface area (Å²) in [7, 11) is 0. The summed E-state index contributed by atoms with van der Waals surface area (Å²) in [6, 6.07) is 5.45. The van der Waals surface area contributed by atoms with Crippen LogP contribution in [0, 0.1) is 0 Å². The third kappa shape index (κ3) is 3.88. The monoisotopic (exact) mass is 412 g/mol. The summed E-state index contributed by atoms with van der Waals surface area (Å²) in [6.45, 7) is 1.31. The van der Waals surface area contributed by atoms with E-state index >= 15 is 0 Å². The van der Waals surface area contributed by atoms with Crippen LogP contribution in [0.5, 0.6) is 0 Å². The lowest BCUT2D eigenvalue weighted by Crippen LogP contribution is -2.47. The summed E-state index contributed by atoms with van der Waals surface area (Å²) in [6.07, 6.45) is 2.02. The van der Waals surface area contributed by atoms with Crippen LogP contribution in [0.25, 0.3) is 10.9 Å². The van der Waals surface area contributed by atoms with Crippen LogP contribution in [0.15, 0.2) is 24.4 Å². The fourth-order valence-electron chi connectivity index (χ4n) is 3.88. The lowest BCUT2D eigenvalue weighted by atomic mass is 9.82. The maximum Gasteiger partial charge on any atom is 0.253 e. The van der Waals surface area contributed by atoms with Gasteiger partial charge >= 0.3 is 0 Å². The second-order valence-electron chi connectivity index (χ2n) is 7.87. The first-order valence-corrected chi connectivity index (χ1v) is 9.92. The number of carbonyl (C=O) groups excluding carboxylic acids is 1. The van der Waals surface area contributed by atoms with Crippen molar-refractivity contribution in [2.45, 2.75) is 56.3 Å². The number of nitrogens with zero attached hydrogens (tertiary/aromatic N) is 1. The molecule has 2 N–H and O–H groups in total. The smallest absolute Gasteiger partial charge is 0.253 e. The Morgan fingerprint density at radius 3 is 2.68 bits per heavy atom. The molecule has 4 rings (SSSR count). The number of nitrogens with one attached hydrogen (secondary N) is 1. The third-order valence-electron chi connectivity index (χ3n) is 5.78. The topological polar surface area (TPSA) is 63.5 Å². The predicted octanol–water partition coefficient (Wildman–Crippen LogP) is 3.75. The van der Waals surface area contributed by atoms with Gasteiger partial charge in [-0.2, -0.15) is 0 Å². The van der Waals surface area contributed by atoms with Crippen LogP contribution in [-0.4, -0.2) is 46.4 Å². The van der Waals surface area contributed by atoms with E-state index in [0.717, 1.165) is 18.5 Å². The first-order valence-electron chi connectivity index (χ1n) is 9.54. The number of rotatable bonds is 5. The Hall–Kier alpha value is -1.70. The van der Waals surface area contributed by atoms with Crippen LogP contribution in [0.2, 0.25) is 5.02 Å². The highest BCUT2D eigenvalue weighted by molar-refractivity contribution is 6.36. The van der Waals surface area contributed by atoms with Crippen molar-refractivity contribution in [3.63, 3.8) is 0 Å². The third-order valence-corrected chi connectivity index (χ3v) is 6.10. The van der Waals surface area contributed by atoms with Gasteiger partial charge in [-0.1, -0.05) is 17.7 Å². The van der Waals surface area contributed by atoms with Crippen molar-refractivity contribution in [1.29, 1.82) is 0 Å². The van der Waals surface area contributed by atoms with Gasteiger partial charge in [0.1, 0.15) is 0 Å². The first kappa shape index (κ1) is 19.6. The number of carbonyl (C=O) groups is 1. The number of hydrogen-bond acceptors (Lipinski definition) is 3. The van der Waals surface area contributed by atoms with E-state index in [1.165, 1.54) is 0 Å². The van der Waals surface area contributed by atoms with Gasteiger partial charge in [0.25, 0.3) is 5.91 Å². The average Bonchev–Trinajstić information content (AvgIpc) is 2.99. The Balaban J connectivity index is 1.52. The zero-order valence-corrected chi connectivity index (χ0v) is 16.1. The normalized spacial score (nSPS) is 23.4. The highest BCUT2D eigenvalue weighted by Gasteiger charge is 2.42. The zero-order chi connectivity index (χ0) is 19.9. The summed E-state index contributed by atoms with van der Waals surface area (Å²) in [5.74, 6) is -3.11. The summed E-state index contributed by atoms with van der Waals surface area (Å²) >= 11 is 6.35. The van der Waals surface area contributed by atoms with E-state index in [4.69, 9.17) is 16.3 Å². The van der Waals surface area contributed by atoms with E-state index in [-0.39, 0.29) is 44.2 Å². The van der Waals surface area contributed by atoms with E-state index < -0.39 is 11.5 Å². The Morgan fingerprint density at radius 2 is 2.04 bits per heavy atom. The molecular formula is C20H23ClF2N2O3. The van der Waals surface area contributed by atoms with Crippen molar-refractivity contribution in [3.8, 4) is 0 Å². The molecule has 1 aromatic carbocycles. The molecular weight excluding hydrogens is 390 g/mol. The van der Waals surface area contributed by atoms with Gasteiger partial charge in [-0.05, 0) is 31.4 Å². The molecule has 28 heavy (non-hydrogen) atoms. The van der Waals surface area contributed by atoms with Gasteiger partial charge in [0.15, 0.2) is 0 Å². The van der Waals surface area contributed by atoms with Crippen LogP contribution in [0.3, 0.4) is 0 Å². The molecule has 0 spiro atoms. The summed E-state index contributed by atoms with van der Waals surface area (Å²) in [4.78, 5) is 12.8. The van der Waals surface area contributed by atoms with Crippen molar-refractivity contribution in [2.24, 2.45) is 0 Å². The minimum atomic E-state index is -2.74. The van der Waals surface area contributed by atoms with Crippen molar-refractivity contribution >= 4 is 28.4 Å². The number of alkyl halides is 2. The van der Waals surface area contributed by atoms with Crippen molar-refractivity contribution in [2.75, 3.05) is 13.2 Å². The molecule has 8 heteroatoms. The molecule has 1 saturated heterocycles. The fraction of sp³-hybridized carbons (Fsp3) is 0.550. The van der Waals surface area contributed by atoms with Gasteiger partial charge in [0, 0.05) is 44.1 Å². The lowest BCUT2D eigenvalue weighted by Gasteiger charge is -2.35. The fourth-order valence-corrected chi connectivity index (χ4v) is 4.15. The van der Waals surface area contributed by atoms with Crippen molar-refractivity contribution in [1.82, 2.24) is 9.88 Å². The van der Waals surface area contributed by atoms with Gasteiger partial charge in [-0.3, -0.25) is 4.79 Å². The molecule has 2 fully saturated rings. The number of halogens is 3. The van der Waals surface area contributed by atoms with Crippen LogP contribution in [0.1, 0.15) is 42.5 Å². The van der Waals surface area contributed by atoms with Crippen LogP contribution >= 0.6 is 11.6 Å². The van der Waals surface area contributed by atoms with E-state index in [1.807, 2.05) is 16.7 Å². The molecule has 0 bridgehead atoms. The Kier molecular flexibility index (Phi) is 5.10. The number of ether oxygens (including phenoxy) is 1. The number of amides is 1. The van der Waals surface area contributed by atoms with Gasteiger partial charge < -0.3 is 19.7 Å². The standard InChI is InChI=1S/C20H23ClF2N2O3/c21-15-2-1-3-16-17(15)14(11-25(16)10-13-4-9-28-13)18(26)24-12-19(27)5-7-20(22,23)8-6-19/h1-3,11,13,27H,4-10,12H2,(H,24,26). The molecule has 1 aromatic heterocycles. The molecule has 0 radical (unpaired) electrons. The maximum atomic E-state index is 13.3. The van der Waals surface area contributed by atoms with Crippen molar-refractivity contribution < 1.29 is 23.4 Å². The molecule has 5 nitrogen and oxygen atoms in total. The van der Waals surface area contributed by atoms with Gasteiger partial charge in [0.05, 0.1) is 27.8 Å².